The number of hydrogen-bond acceptors (Lipinski definition) is 2. The molecule has 1 atom stereocenters. The highest BCUT2D eigenvalue weighted by Gasteiger charge is 1.97. The van der Waals surface area contributed by atoms with Crippen molar-refractivity contribution >= 4 is 23.4 Å². The van der Waals surface area contributed by atoms with Crippen molar-refractivity contribution in [1.82, 2.24) is 0 Å². The van der Waals surface area contributed by atoms with E-state index in [9.17, 15) is 0 Å². The first kappa shape index (κ1) is 9.60. The fourth-order valence-corrected chi connectivity index (χ4v) is 1.45. The second-order valence-electron chi connectivity index (χ2n) is 2.06. The van der Waals surface area contributed by atoms with Gasteiger partial charge in [-0.25, -0.2) is 0 Å². The van der Waals surface area contributed by atoms with Gasteiger partial charge in [0.05, 0.1) is 6.61 Å². The molecular weight excluding hydrogens is 156 g/mol. The lowest BCUT2D eigenvalue weighted by atomic mass is 10.3. The molecule has 0 aromatic heterocycles. The fourth-order valence-electron chi connectivity index (χ4n) is 0.394. The summed E-state index contributed by atoms with van der Waals surface area (Å²) >= 11 is 7.31. The summed E-state index contributed by atoms with van der Waals surface area (Å²) in [6.07, 6.45) is 0. The molecule has 0 aliphatic heterocycles. The van der Waals surface area contributed by atoms with E-state index in [0.29, 0.717) is 5.92 Å². The zero-order valence-electron chi connectivity index (χ0n) is 5.64. The van der Waals surface area contributed by atoms with Crippen molar-refractivity contribution in [2.45, 2.75) is 6.92 Å². The van der Waals surface area contributed by atoms with E-state index in [0.717, 1.165) is 17.4 Å². The van der Waals surface area contributed by atoms with Gasteiger partial charge in [-0.2, -0.15) is 11.8 Å². The zero-order chi connectivity index (χ0) is 7.11. The molecule has 0 aliphatic rings. The predicted octanol–water partition coefficient (Wildman–Crippen LogP) is 1.59. The van der Waals surface area contributed by atoms with Crippen LogP contribution in [0, 0.1) is 5.92 Å². The average Bonchev–Trinajstić information content (AvgIpc) is 1.89. The molecule has 0 amide bonds. The molecule has 3 heteroatoms. The van der Waals surface area contributed by atoms with Gasteiger partial charge in [0, 0.05) is 11.6 Å². The summed E-state index contributed by atoms with van der Waals surface area (Å²) in [4.78, 5) is 0. The van der Waals surface area contributed by atoms with E-state index in [1.807, 2.05) is 0 Å². The summed E-state index contributed by atoms with van der Waals surface area (Å²) < 4.78 is 0. The van der Waals surface area contributed by atoms with Gasteiger partial charge in [0.2, 0.25) is 0 Å². The number of thioether (sulfide) groups is 1. The summed E-state index contributed by atoms with van der Waals surface area (Å²) in [6.45, 7) is 2.39. The minimum absolute atomic E-state index is 0.277. The molecule has 9 heavy (non-hydrogen) atoms. The number of aliphatic hydroxyl groups excluding tert-OH is 1. The first-order valence-electron chi connectivity index (χ1n) is 3.05. The maximum absolute atomic E-state index is 8.40. The van der Waals surface area contributed by atoms with Gasteiger partial charge in [-0.3, -0.25) is 0 Å². The number of hydrogen-bond donors (Lipinski definition) is 1. The van der Waals surface area contributed by atoms with Crippen molar-refractivity contribution in [3.05, 3.63) is 0 Å². The lowest BCUT2D eigenvalue weighted by Crippen LogP contribution is -2.00. The third kappa shape index (κ3) is 6.49. The fraction of sp³-hybridized carbons (Fsp3) is 1.00. The molecule has 0 heterocycles. The Morgan fingerprint density at radius 1 is 1.67 bits per heavy atom. The van der Waals surface area contributed by atoms with Gasteiger partial charge >= 0.3 is 0 Å². The van der Waals surface area contributed by atoms with Crippen LogP contribution in [0.1, 0.15) is 6.92 Å². The number of alkyl halides is 1. The van der Waals surface area contributed by atoms with Crippen molar-refractivity contribution in [2.24, 2.45) is 5.92 Å². The molecule has 0 saturated heterocycles. The minimum Gasteiger partial charge on any atom is -0.396 e. The summed E-state index contributed by atoms with van der Waals surface area (Å²) in [6, 6.07) is 0. The number of aliphatic hydroxyl groups is 1. The van der Waals surface area contributed by atoms with Gasteiger partial charge < -0.3 is 5.11 Å². The monoisotopic (exact) mass is 168 g/mol. The van der Waals surface area contributed by atoms with E-state index in [2.05, 4.69) is 6.92 Å². The van der Waals surface area contributed by atoms with Crippen LogP contribution in [0.15, 0.2) is 0 Å². The highest BCUT2D eigenvalue weighted by atomic mass is 35.5. The quantitative estimate of drug-likeness (QED) is 0.497. The molecule has 0 aromatic carbocycles. The predicted molar refractivity (Wildman–Crippen MR) is 44.3 cm³/mol. The Morgan fingerprint density at radius 3 is 2.78 bits per heavy atom. The smallest absolute Gasteiger partial charge is 0.0521 e. The van der Waals surface area contributed by atoms with Gasteiger partial charge in [-0.1, -0.05) is 6.92 Å². The van der Waals surface area contributed by atoms with E-state index in [1.165, 1.54) is 0 Å². The molecule has 0 aliphatic carbocycles. The van der Waals surface area contributed by atoms with Crippen LogP contribution in [0.25, 0.3) is 0 Å². The van der Waals surface area contributed by atoms with Gasteiger partial charge in [-0.05, 0) is 11.7 Å². The van der Waals surface area contributed by atoms with Gasteiger partial charge in [0.1, 0.15) is 0 Å². The highest BCUT2D eigenvalue weighted by Crippen LogP contribution is 2.08. The summed E-state index contributed by atoms with van der Waals surface area (Å²) in [7, 11) is 0. The summed E-state index contributed by atoms with van der Waals surface area (Å²) in [5.74, 6) is 3.19. The van der Waals surface area contributed by atoms with E-state index >= 15 is 0 Å². The Hall–Kier alpha value is 0.600. The van der Waals surface area contributed by atoms with Gasteiger partial charge in [-0.15, -0.1) is 11.6 Å². The van der Waals surface area contributed by atoms with E-state index in [1.54, 1.807) is 11.8 Å². The van der Waals surface area contributed by atoms with Crippen molar-refractivity contribution in [3.63, 3.8) is 0 Å². The first-order chi connectivity index (χ1) is 4.31. The lowest BCUT2D eigenvalue weighted by molar-refractivity contribution is 0.322. The van der Waals surface area contributed by atoms with Crippen molar-refractivity contribution in [3.8, 4) is 0 Å². The Morgan fingerprint density at radius 2 is 2.33 bits per heavy atom. The third-order valence-corrected chi connectivity index (χ3v) is 2.70. The third-order valence-electron chi connectivity index (χ3n) is 0.901. The first-order valence-corrected chi connectivity index (χ1v) is 4.74. The second kappa shape index (κ2) is 6.72. The van der Waals surface area contributed by atoms with Crippen LogP contribution in [-0.2, 0) is 0 Å². The van der Waals surface area contributed by atoms with E-state index < -0.39 is 0 Å². The van der Waals surface area contributed by atoms with Crippen molar-refractivity contribution in [2.75, 3.05) is 24.0 Å². The average molecular weight is 169 g/mol. The molecule has 0 fully saturated rings. The summed E-state index contributed by atoms with van der Waals surface area (Å²) in [5.41, 5.74) is 0. The second-order valence-corrected chi connectivity index (χ2v) is 3.52. The molecule has 0 radical (unpaired) electrons. The molecule has 56 valence electrons. The Labute approximate surface area is 65.8 Å². The number of rotatable bonds is 5. The van der Waals surface area contributed by atoms with Crippen LogP contribution in [0.5, 0.6) is 0 Å². The molecule has 0 aromatic rings. The minimum atomic E-state index is 0.277. The van der Waals surface area contributed by atoms with Crippen LogP contribution in [0.4, 0.5) is 0 Å². The zero-order valence-corrected chi connectivity index (χ0v) is 7.21. The molecule has 0 spiro atoms. The Kier molecular flexibility index (Phi) is 7.16. The molecule has 1 nitrogen and oxygen atoms in total. The number of halogens is 1. The van der Waals surface area contributed by atoms with Crippen LogP contribution in [-0.4, -0.2) is 29.1 Å². The normalized spacial score (nSPS) is 13.7. The van der Waals surface area contributed by atoms with Crippen molar-refractivity contribution in [1.29, 1.82) is 0 Å². The SMILES string of the molecule is CC(CCl)CSCCO. The summed E-state index contributed by atoms with van der Waals surface area (Å²) in [5, 5.41) is 8.40. The molecule has 1 N–H and O–H groups in total. The van der Waals surface area contributed by atoms with Gasteiger partial charge in [0.25, 0.3) is 0 Å². The molecule has 0 bridgehead atoms. The van der Waals surface area contributed by atoms with E-state index in [-0.39, 0.29) is 6.61 Å². The van der Waals surface area contributed by atoms with Gasteiger partial charge in [0.15, 0.2) is 0 Å². The van der Waals surface area contributed by atoms with Crippen LogP contribution >= 0.6 is 23.4 Å². The lowest BCUT2D eigenvalue weighted by Gasteiger charge is -2.04. The van der Waals surface area contributed by atoms with Crippen LogP contribution < -0.4 is 0 Å². The highest BCUT2D eigenvalue weighted by molar-refractivity contribution is 7.99. The maximum Gasteiger partial charge on any atom is 0.0521 e. The Balaban J connectivity index is 2.88. The topological polar surface area (TPSA) is 20.2 Å². The molecule has 1 unspecified atom stereocenters. The molecular formula is C6H13ClOS. The van der Waals surface area contributed by atoms with Crippen LogP contribution in [0.3, 0.4) is 0 Å². The van der Waals surface area contributed by atoms with Crippen LogP contribution in [0.2, 0.25) is 0 Å². The Bertz CT molecular complexity index is 61.0. The van der Waals surface area contributed by atoms with Crippen molar-refractivity contribution < 1.29 is 5.11 Å². The molecule has 0 rings (SSSR count). The standard InChI is InChI=1S/C6H13ClOS/c1-6(4-7)5-9-3-2-8/h6,8H,2-5H2,1H3. The maximum atomic E-state index is 8.40. The molecule has 0 saturated carbocycles. The van der Waals surface area contributed by atoms with E-state index in [4.69, 9.17) is 16.7 Å². The largest absolute Gasteiger partial charge is 0.396 e.